The molecule has 9 aliphatic heterocycles. The Balaban J connectivity index is 1.02. The lowest BCUT2D eigenvalue weighted by atomic mass is 9.53. The lowest BCUT2D eigenvalue weighted by molar-refractivity contribution is -0.132. The lowest BCUT2D eigenvalue weighted by Crippen LogP contribution is -2.69. The summed E-state index contributed by atoms with van der Waals surface area (Å²) in [5.74, 6) is 1.58. The van der Waals surface area contributed by atoms with E-state index in [0.29, 0.717) is 30.9 Å². The summed E-state index contributed by atoms with van der Waals surface area (Å²) in [6.07, 6.45) is 11.3. The molecule has 0 radical (unpaired) electrons. The fraction of sp³-hybridized carbons (Fsp3) is 0.524. The van der Waals surface area contributed by atoms with Crippen LogP contribution in [0.25, 0.3) is 0 Å². The summed E-state index contributed by atoms with van der Waals surface area (Å²) in [5, 5.41) is 10.2. The van der Waals surface area contributed by atoms with Crippen molar-refractivity contribution in [3.63, 3.8) is 0 Å². The van der Waals surface area contributed by atoms with Gasteiger partial charge in [0, 0.05) is 70.8 Å². The van der Waals surface area contributed by atoms with Gasteiger partial charge in [-0.1, -0.05) is 65.8 Å². The SMILES string of the molecule is O=C1C[C@@H]2OCC=C3CN4[C@@H](C5=C[C@@H]6[C@@H]7N(C5=O)c5ccccc5[C@@]75CCN7CC(=CCO)[C@@H]6C[C@H]75)C[C@]56c7ccccc7N1[C@H]5[C@@H]2[C@H]3C[C@H]46. The Bertz CT molecular complexity index is 2060. The summed E-state index contributed by atoms with van der Waals surface area (Å²) < 4.78 is 6.53. The Morgan fingerprint density at radius 1 is 0.900 bits per heavy atom. The third-order valence-corrected chi connectivity index (χ3v) is 16.3. The highest BCUT2D eigenvalue weighted by Crippen LogP contribution is 2.69. The second-order valence-corrected chi connectivity index (χ2v) is 17.4. The van der Waals surface area contributed by atoms with Gasteiger partial charge in [-0.25, -0.2) is 0 Å². The molecule has 2 aromatic rings. The number of fused-ring (bicyclic) bond motifs is 6. The molecule has 0 unspecified atom stereocenters. The Labute approximate surface area is 292 Å². The van der Waals surface area contributed by atoms with Crippen molar-refractivity contribution in [2.24, 2.45) is 23.7 Å². The molecule has 254 valence electrons. The highest BCUT2D eigenvalue weighted by atomic mass is 16.5. The molecule has 2 saturated carbocycles. The van der Waals surface area contributed by atoms with Gasteiger partial charge in [-0.2, -0.15) is 0 Å². The molecule has 8 nitrogen and oxygen atoms in total. The van der Waals surface area contributed by atoms with Crippen molar-refractivity contribution in [2.45, 2.75) is 79.2 Å². The van der Waals surface area contributed by atoms with Crippen LogP contribution in [0.4, 0.5) is 11.4 Å². The van der Waals surface area contributed by atoms with E-state index in [0.717, 1.165) is 62.3 Å². The van der Waals surface area contributed by atoms with Crippen LogP contribution in [0, 0.1) is 23.7 Å². The van der Waals surface area contributed by atoms with Gasteiger partial charge in [0.15, 0.2) is 0 Å². The highest BCUT2D eigenvalue weighted by Gasteiger charge is 2.74. The summed E-state index contributed by atoms with van der Waals surface area (Å²) in [6, 6.07) is 18.4. The maximum absolute atomic E-state index is 15.5. The zero-order valence-corrected chi connectivity index (χ0v) is 28.2. The standard InChI is InChI=1S/C42H42N4O4/c47-13-9-22-20-43-12-11-41-28-5-1-4-8-31(28)46-38(41)26(24(22)16-34(41)43)15-27(40(46)49)32-19-42-29-6-2-3-7-30(29)45-36(48)18-33-37(39(42)45)25-17-35(42)44(32)21-23(25)10-14-50-33/h1-10,15,24-26,32-35,37-39,47H,11-14,16-21H2/t24-,25-,26-,32+,33-,34-,35-,37+,38-,39-,41+,42+/m0/s1. The van der Waals surface area contributed by atoms with E-state index < -0.39 is 0 Å². The molecule has 11 aliphatic rings. The molecule has 2 aromatic carbocycles. The number of para-hydroxylation sites is 2. The van der Waals surface area contributed by atoms with Crippen LogP contribution in [0.15, 0.2) is 83.5 Å². The molecule has 5 saturated heterocycles. The van der Waals surface area contributed by atoms with E-state index in [1.54, 1.807) is 0 Å². The third kappa shape index (κ3) is 2.89. The number of benzene rings is 2. The van der Waals surface area contributed by atoms with Crippen LogP contribution in [-0.4, -0.2) is 95.9 Å². The van der Waals surface area contributed by atoms with Crippen LogP contribution in [0.1, 0.15) is 43.2 Å². The summed E-state index contributed by atoms with van der Waals surface area (Å²) in [7, 11) is 0. The van der Waals surface area contributed by atoms with Crippen LogP contribution in [-0.2, 0) is 25.2 Å². The van der Waals surface area contributed by atoms with Crippen molar-refractivity contribution < 1.29 is 19.4 Å². The van der Waals surface area contributed by atoms with E-state index in [-0.39, 0.29) is 71.4 Å². The fourth-order valence-electron chi connectivity index (χ4n) is 15.0. The molecule has 0 aromatic heterocycles. The Morgan fingerprint density at radius 2 is 1.68 bits per heavy atom. The van der Waals surface area contributed by atoms with Crippen LogP contribution in [0.2, 0.25) is 0 Å². The Kier molecular flexibility index (Phi) is 5.10. The van der Waals surface area contributed by atoms with Gasteiger partial charge >= 0.3 is 0 Å². The smallest absolute Gasteiger partial charge is 0.255 e. The zero-order chi connectivity index (χ0) is 32.8. The number of hydrogen-bond donors (Lipinski definition) is 1. The molecule has 12 atom stereocenters. The molecule has 2 spiro atoms. The van der Waals surface area contributed by atoms with Crippen LogP contribution in [0.5, 0.6) is 0 Å². The summed E-state index contributed by atoms with van der Waals surface area (Å²) >= 11 is 0. The topological polar surface area (TPSA) is 76.6 Å². The van der Waals surface area contributed by atoms with E-state index in [1.165, 1.54) is 22.3 Å². The second-order valence-electron chi connectivity index (χ2n) is 17.4. The Hall–Kier alpha value is -3.56. The van der Waals surface area contributed by atoms with Gasteiger partial charge < -0.3 is 19.6 Å². The predicted octanol–water partition coefficient (Wildman–Crippen LogP) is 3.70. The molecule has 13 rings (SSSR count). The quantitative estimate of drug-likeness (QED) is 0.493. The molecule has 4 bridgehead atoms. The van der Waals surface area contributed by atoms with E-state index >= 15 is 4.79 Å². The van der Waals surface area contributed by atoms with Gasteiger partial charge in [-0.15, -0.1) is 0 Å². The van der Waals surface area contributed by atoms with Crippen molar-refractivity contribution in [3.8, 4) is 0 Å². The molecule has 1 N–H and O–H groups in total. The van der Waals surface area contributed by atoms with Gasteiger partial charge in [0.2, 0.25) is 5.91 Å². The number of aliphatic hydroxyl groups excluding tert-OH is 1. The number of amides is 2. The molecule has 2 aliphatic carbocycles. The monoisotopic (exact) mass is 666 g/mol. The fourth-order valence-corrected chi connectivity index (χ4v) is 15.0. The van der Waals surface area contributed by atoms with Gasteiger partial charge in [0.05, 0.1) is 37.8 Å². The molecular weight excluding hydrogens is 624 g/mol. The van der Waals surface area contributed by atoms with Crippen molar-refractivity contribution >= 4 is 23.2 Å². The first-order valence-corrected chi connectivity index (χ1v) is 19.2. The van der Waals surface area contributed by atoms with Gasteiger partial charge in [0.1, 0.15) is 0 Å². The van der Waals surface area contributed by atoms with Crippen molar-refractivity contribution in [3.05, 3.63) is 94.6 Å². The van der Waals surface area contributed by atoms with Gasteiger partial charge in [-0.3, -0.25) is 19.4 Å². The number of ether oxygens (including phenoxy) is 1. The van der Waals surface area contributed by atoms with Crippen molar-refractivity contribution in [2.75, 3.05) is 42.6 Å². The lowest BCUT2D eigenvalue weighted by Gasteiger charge is -2.59. The maximum atomic E-state index is 15.5. The minimum atomic E-state index is -0.242. The van der Waals surface area contributed by atoms with E-state index in [4.69, 9.17) is 4.74 Å². The average molecular weight is 667 g/mol. The second kappa shape index (κ2) is 9.08. The number of piperidine rings is 3. The van der Waals surface area contributed by atoms with Gasteiger partial charge in [-0.05, 0) is 67.3 Å². The predicted molar refractivity (Wildman–Crippen MR) is 187 cm³/mol. The maximum Gasteiger partial charge on any atom is 0.255 e. The minimum absolute atomic E-state index is 0.0317. The average Bonchev–Trinajstić information content (AvgIpc) is 3.83. The molecule has 8 heteroatoms. The molecular formula is C42H42N4O4. The Morgan fingerprint density at radius 3 is 2.52 bits per heavy atom. The number of carbonyl (C=O) groups excluding carboxylic acids is 2. The van der Waals surface area contributed by atoms with Crippen molar-refractivity contribution in [1.29, 1.82) is 0 Å². The number of rotatable bonds is 2. The normalized spacial score (nSPS) is 46.1. The first kappa shape index (κ1) is 28.1. The van der Waals surface area contributed by atoms with E-state index in [9.17, 15) is 9.90 Å². The minimum Gasteiger partial charge on any atom is -0.392 e. The van der Waals surface area contributed by atoms with Gasteiger partial charge in [0.25, 0.3) is 5.91 Å². The van der Waals surface area contributed by atoms with E-state index in [2.05, 4.69) is 86.4 Å². The highest BCUT2D eigenvalue weighted by molar-refractivity contribution is 6.10. The zero-order valence-electron chi connectivity index (χ0n) is 28.2. The molecule has 7 fully saturated rings. The van der Waals surface area contributed by atoms with E-state index in [1.807, 2.05) is 0 Å². The third-order valence-electron chi connectivity index (χ3n) is 16.3. The molecule has 2 amide bonds. The summed E-state index contributed by atoms with van der Waals surface area (Å²) in [4.78, 5) is 39.5. The van der Waals surface area contributed by atoms with Crippen LogP contribution < -0.4 is 9.80 Å². The number of aliphatic hydroxyl groups is 1. The summed E-state index contributed by atoms with van der Waals surface area (Å²) in [6.45, 7) is 3.45. The first-order valence-electron chi connectivity index (χ1n) is 19.2. The largest absolute Gasteiger partial charge is 0.392 e. The molecule has 50 heavy (non-hydrogen) atoms. The summed E-state index contributed by atoms with van der Waals surface area (Å²) in [5.41, 5.74) is 8.39. The van der Waals surface area contributed by atoms with Crippen LogP contribution in [0.3, 0.4) is 0 Å². The van der Waals surface area contributed by atoms with Crippen molar-refractivity contribution in [1.82, 2.24) is 9.80 Å². The number of hydrogen-bond acceptors (Lipinski definition) is 6. The first-order chi connectivity index (χ1) is 24.5. The number of nitrogens with zero attached hydrogens (tertiary/aromatic N) is 4. The molecule has 9 heterocycles. The number of carbonyl (C=O) groups is 2. The van der Waals surface area contributed by atoms with Crippen LogP contribution >= 0.6 is 0 Å². The number of anilines is 2.